The molecule has 9 aromatic carbocycles. The first-order valence-corrected chi connectivity index (χ1v) is 24.7. The van der Waals surface area contributed by atoms with Crippen molar-refractivity contribution in [2.75, 3.05) is 5.32 Å². The minimum atomic E-state index is -0.150. The summed E-state index contributed by atoms with van der Waals surface area (Å²) in [5.74, 6) is 0.898. The van der Waals surface area contributed by atoms with Crippen LogP contribution in [0.2, 0.25) is 0 Å². The van der Waals surface area contributed by atoms with Gasteiger partial charge in [-0.15, -0.1) is 11.3 Å². The summed E-state index contributed by atoms with van der Waals surface area (Å²) in [7, 11) is 0.756. The zero-order chi connectivity index (χ0) is 45.6. The number of nitrogens with zero attached hydrogens (tertiary/aromatic N) is 1. The molecule has 3 aromatic heterocycles. The number of hydrogen-bond donors (Lipinski definition) is 1. The highest BCUT2D eigenvalue weighted by Gasteiger charge is 2.37. The van der Waals surface area contributed by atoms with Crippen molar-refractivity contribution in [3.63, 3.8) is 0 Å². The number of aromatic nitrogens is 1. The largest absolute Gasteiger partial charge is 0.455 e. The van der Waals surface area contributed by atoms with Crippen molar-refractivity contribution in [1.29, 1.82) is 0 Å². The minimum absolute atomic E-state index is 0.0650. The van der Waals surface area contributed by atoms with Crippen molar-refractivity contribution in [2.24, 2.45) is 0 Å². The lowest BCUT2D eigenvalue weighted by molar-refractivity contribution is 0.590. The highest BCUT2D eigenvalue weighted by atomic mass is 32.1. The van der Waals surface area contributed by atoms with Gasteiger partial charge in [0.15, 0.2) is 7.28 Å². The third-order valence-corrected chi connectivity index (χ3v) is 16.3. The Morgan fingerprint density at radius 1 is 0.559 bits per heavy atom. The van der Waals surface area contributed by atoms with Gasteiger partial charge in [0.25, 0.3) is 0 Å². The van der Waals surface area contributed by atoms with Gasteiger partial charge in [0.05, 0.1) is 5.52 Å². The van der Waals surface area contributed by atoms with Gasteiger partial charge in [0, 0.05) is 81.0 Å². The first-order valence-electron chi connectivity index (χ1n) is 23.9. The van der Waals surface area contributed by atoms with Gasteiger partial charge in [-0.05, 0) is 104 Å². The molecule has 0 saturated heterocycles. The van der Waals surface area contributed by atoms with Crippen LogP contribution in [0.15, 0.2) is 186 Å². The Morgan fingerprint density at radius 3 is 2.09 bits per heavy atom. The number of fused-ring (bicyclic) bond motifs is 12. The smallest absolute Gasteiger partial charge is 0.198 e. The zero-order valence-electron chi connectivity index (χ0n) is 38.8. The predicted molar refractivity (Wildman–Crippen MR) is 292 cm³/mol. The minimum Gasteiger partial charge on any atom is -0.455 e. The standard InChI is InChI=1S/C63H47BN2OS/c1-62(2,3)38-24-26-39(27-25-38)65-52-33-50-44(40-20-12-14-22-49(40)63(50,4)5)30-45(52)42-28-29-43-46-31-47-41-21-13-15-23-56(41)68-57(47)35-53(46)66-54-32-48-55(34-51(54)64-59(42)60(43)66)67-61(37-18-10-7-11-19-37)58(48)36-16-8-6-9-17-36/h6-35,64-65H,1-5H3. The Bertz CT molecular complexity index is 4070. The fraction of sp³-hybridized carbons (Fsp3) is 0.111. The molecular formula is C63H47BN2OS. The predicted octanol–water partition coefficient (Wildman–Crippen LogP) is 15.9. The maximum atomic E-state index is 7.04. The maximum absolute atomic E-state index is 7.04. The number of anilines is 2. The van der Waals surface area contributed by atoms with E-state index in [0.717, 1.165) is 52.1 Å². The van der Waals surface area contributed by atoms with Gasteiger partial charge in [-0.25, -0.2) is 0 Å². The zero-order valence-corrected chi connectivity index (χ0v) is 39.6. The second-order valence-electron chi connectivity index (χ2n) is 20.5. The lowest BCUT2D eigenvalue weighted by Crippen LogP contribution is -2.37. The molecule has 0 radical (unpaired) electrons. The van der Waals surface area contributed by atoms with Crippen molar-refractivity contribution < 1.29 is 4.42 Å². The van der Waals surface area contributed by atoms with E-state index in [-0.39, 0.29) is 10.8 Å². The highest BCUT2D eigenvalue weighted by Crippen LogP contribution is 2.52. The summed E-state index contributed by atoms with van der Waals surface area (Å²) in [6.45, 7) is 11.6. The third-order valence-electron chi connectivity index (χ3n) is 15.2. The van der Waals surface area contributed by atoms with Crippen LogP contribution in [0.4, 0.5) is 11.4 Å². The van der Waals surface area contributed by atoms with Crippen molar-refractivity contribution in [3.8, 4) is 50.4 Å². The molecular weight excluding hydrogens is 844 g/mol. The van der Waals surface area contributed by atoms with Crippen LogP contribution < -0.4 is 16.2 Å². The molecule has 0 spiro atoms. The molecule has 3 nitrogen and oxygen atoms in total. The van der Waals surface area contributed by atoms with E-state index in [1.54, 1.807) is 0 Å². The lowest BCUT2D eigenvalue weighted by atomic mass is 9.59. The maximum Gasteiger partial charge on any atom is 0.198 e. The Hall–Kier alpha value is -7.60. The topological polar surface area (TPSA) is 30.1 Å². The summed E-state index contributed by atoms with van der Waals surface area (Å²) in [5, 5.41) is 10.3. The summed E-state index contributed by atoms with van der Waals surface area (Å²) in [5.41, 5.74) is 21.8. The first-order chi connectivity index (χ1) is 33.1. The fourth-order valence-electron chi connectivity index (χ4n) is 11.8. The van der Waals surface area contributed by atoms with Gasteiger partial charge >= 0.3 is 0 Å². The van der Waals surface area contributed by atoms with Gasteiger partial charge in [-0.1, -0.05) is 167 Å². The first kappa shape index (κ1) is 39.6. The number of benzene rings is 9. The average Bonchev–Trinajstić information content (AvgIpc) is 4.07. The van der Waals surface area contributed by atoms with Gasteiger partial charge < -0.3 is 14.3 Å². The SMILES string of the molecule is CC(C)(C)c1ccc(Nc2cc3c(cc2-c2ccc4c5cc6c(cc5n5c4c2Bc2cc4oc(-c7ccccc7)c(-c7ccccc7)c4cc2-5)sc2ccccc26)-c2ccccc2C3(C)C)cc1. The van der Waals surface area contributed by atoms with Gasteiger partial charge in [-0.2, -0.15) is 0 Å². The van der Waals surface area contributed by atoms with E-state index in [9.17, 15) is 0 Å². The Kier molecular flexibility index (Phi) is 8.27. The average molecular weight is 891 g/mol. The van der Waals surface area contributed by atoms with Crippen LogP contribution >= 0.6 is 11.3 Å². The second kappa shape index (κ2) is 14.2. The molecule has 0 atom stereocenters. The molecule has 324 valence electrons. The van der Waals surface area contributed by atoms with Crippen LogP contribution in [0.25, 0.3) is 103 Å². The number of thiophene rings is 1. The van der Waals surface area contributed by atoms with Crippen LogP contribution in [0.5, 0.6) is 0 Å². The van der Waals surface area contributed by atoms with E-state index in [2.05, 4.69) is 226 Å². The molecule has 14 rings (SSSR count). The molecule has 0 fully saturated rings. The van der Waals surface area contributed by atoms with E-state index in [1.807, 2.05) is 11.3 Å². The molecule has 1 aliphatic carbocycles. The monoisotopic (exact) mass is 890 g/mol. The molecule has 4 heterocycles. The Balaban J connectivity index is 1.06. The summed E-state index contributed by atoms with van der Waals surface area (Å²) in [6.07, 6.45) is 0. The molecule has 0 unspecified atom stereocenters. The summed E-state index contributed by atoms with van der Waals surface area (Å²) in [4.78, 5) is 0. The van der Waals surface area contributed by atoms with Crippen LogP contribution in [0, 0.1) is 0 Å². The van der Waals surface area contributed by atoms with Crippen molar-refractivity contribution in [1.82, 2.24) is 4.57 Å². The molecule has 0 bridgehead atoms. The second-order valence-corrected chi connectivity index (χ2v) is 21.6. The van der Waals surface area contributed by atoms with E-state index >= 15 is 0 Å². The third kappa shape index (κ3) is 5.72. The van der Waals surface area contributed by atoms with E-state index in [0.29, 0.717) is 0 Å². The number of hydrogen-bond acceptors (Lipinski definition) is 3. The van der Waals surface area contributed by atoms with Crippen molar-refractivity contribution >= 4 is 93.9 Å². The molecule has 68 heavy (non-hydrogen) atoms. The fourth-order valence-corrected chi connectivity index (χ4v) is 12.9. The molecule has 2 aliphatic rings. The van der Waals surface area contributed by atoms with Crippen LogP contribution in [-0.2, 0) is 10.8 Å². The molecule has 0 amide bonds. The molecule has 0 saturated carbocycles. The number of rotatable bonds is 5. The lowest BCUT2D eigenvalue weighted by Gasteiger charge is -2.26. The summed E-state index contributed by atoms with van der Waals surface area (Å²) < 4.78 is 12.3. The van der Waals surface area contributed by atoms with Gasteiger partial charge in [0.1, 0.15) is 11.3 Å². The summed E-state index contributed by atoms with van der Waals surface area (Å²) in [6, 6.07) is 67.7. The highest BCUT2D eigenvalue weighted by molar-refractivity contribution is 7.25. The molecule has 1 N–H and O–H groups in total. The van der Waals surface area contributed by atoms with Crippen LogP contribution in [0.3, 0.4) is 0 Å². The van der Waals surface area contributed by atoms with Crippen molar-refractivity contribution in [2.45, 2.75) is 45.4 Å². The normalized spacial score (nSPS) is 13.6. The van der Waals surface area contributed by atoms with Gasteiger partial charge in [0.2, 0.25) is 0 Å². The molecule has 1 aliphatic heterocycles. The van der Waals surface area contributed by atoms with E-state index < -0.39 is 0 Å². The summed E-state index contributed by atoms with van der Waals surface area (Å²) >= 11 is 1.89. The van der Waals surface area contributed by atoms with Crippen LogP contribution in [-0.4, -0.2) is 11.8 Å². The Labute approximate surface area is 400 Å². The number of furan rings is 1. The van der Waals surface area contributed by atoms with Crippen molar-refractivity contribution in [3.05, 3.63) is 199 Å². The Morgan fingerprint density at radius 2 is 1.29 bits per heavy atom. The molecule has 5 heteroatoms. The molecule has 12 aromatic rings. The quantitative estimate of drug-likeness (QED) is 0.175. The van der Waals surface area contributed by atoms with Crippen LogP contribution in [0.1, 0.15) is 51.3 Å². The van der Waals surface area contributed by atoms with E-state index in [4.69, 9.17) is 4.42 Å². The van der Waals surface area contributed by atoms with Gasteiger partial charge in [-0.3, -0.25) is 0 Å². The van der Waals surface area contributed by atoms with E-state index in [1.165, 1.54) is 97.5 Å². The number of nitrogens with one attached hydrogen (secondary N) is 1.